The van der Waals surface area contributed by atoms with E-state index in [-0.39, 0.29) is 36.8 Å². The molecule has 7 heteroatoms. The van der Waals surface area contributed by atoms with Gasteiger partial charge >= 0.3 is 12.1 Å². The van der Waals surface area contributed by atoms with Gasteiger partial charge in [0, 0.05) is 24.9 Å². The highest BCUT2D eigenvalue weighted by Crippen LogP contribution is 2.44. The average Bonchev–Trinajstić information content (AvgIpc) is 3.39. The molecule has 0 bridgehead atoms. The Morgan fingerprint density at radius 1 is 1.09 bits per heavy atom. The van der Waals surface area contributed by atoms with Crippen molar-refractivity contribution in [2.45, 2.75) is 57.9 Å². The van der Waals surface area contributed by atoms with E-state index in [0.29, 0.717) is 25.8 Å². The summed E-state index contributed by atoms with van der Waals surface area (Å²) in [4.78, 5) is 36.7. The second kappa shape index (κ2) is 10.5. The minimum Gasteiger partial charge on any atom is -0.481 e. The van der Waals surface area contributed by atoms with Crippen LogP contribution < -0.4 is 10.6 Å². The molecule has 2 aromatic carbocycles. The number of rotatable bonds is 9. The van der Waals surface area contributed by atoms with Crippen LogP contribution >= 0.6 is 0 Å². The van der Waals surface area contributed by atoms with Gasteiger partial charge in [0.25, 0.3) is 0 Å². The third-order valence-corrected chi connectivity index (χ3v) is 7.71. The SMILES string of the molecule is CCC(CNC(=O)OCC1c2ccccc2-c2ccccc21)CC(=O)NC1CCCC1(C)C(=O)O. The van der Waals surface area contributed by atoms with E-state index < -0.39 is 17.5 Å². The summed E-state index contributed by atoms with van der Waals surface area (Å²) in [7, 11) is 0. The second-order valence-electron chi connectivity index (χ2n) is 9.92. The lowest BCUT2D eigenvalue weighted by Crippen LogP contribution is -2.47. The number of carboxylic acids is 1. The lowest BCUT2D eigenvalue weighted by molar-refractivity contribution is -0.149. The van der Waals surface area contributed by atoms with Gasteiger partial charge in [-0.1, -0.05) is 68.3 Å². The molecule has 0 aromatic heterocycles. The molecule has 0 radical (unpaired) electrons. The van der Waals surface area contributed by atoms with Crippen LogP contribution in [0.5, 0.6) is 0 Å². The first-order valence-electron chi connectivity index (χ1n) is 12.4. The maximum absolute atomic E-state index is 12.6. The van der Waals surface area contributed by atoms with E-state index in [1.807, 2.05) is 31.2 Å². The lowest BCUT2D eigenvalue weighted by atomic mass is 9.84. The molecule has 2 aliphatic carbocycles. The molecule has 2 amide bonds. The molecule has 1 saturated carbocycles. The maximum Gasteiger partial charge on any atom is 0.407 e. The van der Waals surface area contributed by atoms with Gasteiger partial charge in [0.05, 0.1) is 5.41 Å². The number of hydrogen-bond acceptors (Lipinski definition) is 4. The molecule has 3 N–H and O–H groups in total. The Bertz CT molecular complexity index is 1050. The molecule has 2 aliphatic rings. The van der Waals surface area contributed by atoms with E-state index in [4.69, 9.17) is 4.74 Å². The van der Waals surface area contributed by atoms with Crippen molar-refractivity contribution in [3.63, 3.8) is 0 Å². The third-order valence-electron chi connectivity index (χ3n) is 7.71. The predicted octanol–water partition coefficient (Wildman–Crippen LogP) is 4.70. The number of ether oxygens (including phenoxy) is 1. The van der Waals surface area contributed by atoms with Gasteiger partial charge in [-0.05, 0) is 47.9 Å². The van der Waals surface area contributed by atoms with Crippen molar-refractivity contribution in [2.75, 3.05) is 13.2 Å². The number of carbonyl (C=O) groups is 3. The molecule has 1 fully saturated rings. The summed E-state index contributed by atoms with van der Waals surface area (Å²) in [6, 6.07) is 16.0. The fourth-order valence-corrected chi connectivity index (χ4v) is 5.41. The molecule has 3 atom stereocenters. The largest absolute Gasteiger partial charge is 0.481 e. The van der Waals surface area contributed by atoms with E-state index in [1.54, 1.807) is 6.92 Å². The maximum atomic E-state index is 12.6. The van der Waals surface area contributed by atoms with E-state index in [0.717, 1.165) is 17.5 Å². The van der Waals surface area contributed by atoms with Gasteiger partial charge in [0.2, 0.25) is 5.91 Å². The van der Waals surface area contributed by atoms with Gasteiger partial charge in [-0.15, -0.1) is 0 Å². The first-order chi connectivity index (χ1) is 16.8. The van der Waals surface area contributed by atoms with Crippen LogP contribution in [0.3, 0.4) is 0 Å². The highest BCUT2D eigenvalue weighted by Gasteiger charge is 2.45. The minimum absolute atomic E-state index is 0.00384. The van der Waals surface area contributed by atoms with Crippen molar-refractivity contribution < 1.29 is 24.2 Å². The normalized spacial score (nSPS) is 21.6. The van der Waals surface area contributed by atoms with Crippen LogP contribution in [0, 0.1) is 11.3 Å². The van der Waals surface area contributed by atoms with Crippen LogP contribution in [0.25, 0.3) is 11.1 Å². The van der Waals surface area contributed by atoms with Crippen molar-refractivity contribution in [1.29, 1.82) is 0 Å². The zero-order valence-electron chi connectivity index (χ0n) is 20.4. The van der Waals surface area contributed by atoms with Crippen LogP contribution in [0.2, 0.25) is 0 Å². The Kier molecular flexibility index (Phi) is 7.43. The Balaban J connectivity index is 1.27. The summed E-state index contributed by atoms with van der Waals surface area (Å²) in [5, 5.41) is 15.3. The number of amides is 2. The van der Waals surface area contributed by atoms with E-state index >= 15 is 0 Å². The van der Waals surface area contributed by atoms with E-state index in [9.17, 15) is 19.5 Å². The van der Waals surface area contributed by atoms with Gasteiger partial charge in [0.1, 0.15) is 6.61 Å². The standard InChI is InChI=1S/C28H34N2O5/c1-3-18(15-25(31)30-24-13-8-14-28(24,2)26(32)33)16-29-27(34)35-17-23-21-11-6-4-9-19(21)20-10-5-7-12-22(20)23/h4-7,9-12,18,23-24H,3,8,13-17H2,1-2H3,(H,29,34)(H,30,31)(H,32,33). The monoisotopic (exact) mass is 478 g/mol. The summed E-state index contributed by atoms with van der Waals surface area (Å²) < 4.78 is 5.58. The minimum atomic E-state index is -0.920. The Morgan fingerprint density at radius 2 is 1.71 bits per heavy atom. The average molecular weight is 479 g/mol. The summed E-state index contributed by atoms with van der Waals surface area (Å²) in [6.45, 7) is 4.23. The Morgan fingerprint density at radius 3 is 2.31 bits per heavy atom. The number of benzene rings is 2. The molecular weight excluding hydrogens is 444 g/mol. The molecule has 3 unspecified atom stereocenters. The van der Waals surface area contributed by atoms with Crippen molar-refractivity contribution >= 4 is 18.0 Å². The molecule has 4 rings (SSSR count). The van der Waals surface area contributed by atoms with Crippen molar-refractivity contribution in [3.05, 3.63) is 59.7 Å². The first kappa shape index (κ1) is 24.8. The number of hydrogen-bond donors (Lipinski definition) is 3. The van der Waals surface area contributed by atoms with Gasteiger partial charge in [-0.2, -0.15) is 0 Å². The highest BCUT2D eigenvalue weighted by molar-refractivity contribution is 5.81. The van der Waals surface area contributed by atoms with Crippen molar-refractivity contribution in [1.82, 2.24) is 10.6 Å². The first-order valence-corrected chi connectivity index (χ1v) is 12.4. The number of fused-ring (bicyclic) bond motifs is 3. The number of carboxylic acid groups (broad SMARTS) is 1. The lowest BCUT2D eigenvalue weighted by Gasteiger charge is -2.28. The predicted molar refractivity (Wildman–Crippen MR) is 133 cm³/mol. The Hall–Kier alpha value is -3.35. The molecular formula is C28H34N2O5. The number of carbonyl (C=O) groups excluding carboxylic acids is 2. The number of nitrogens with one attached hydrogen (secondary N) is 2. The summed E-state index contributed by atoms with van der Waals surface area (Å²) in [5.41, 5.74) is 3.75. The zero-order valence-corrected chi connectivity index (χ0v) is 20.4. The molecule has 0 aliphatic heterocycles. The topological polar surface area (TPSA) is 105 Å². The van der Waals surface area contributed by atoms with Gasteiger partial charge in [-0.3, -0.25) is 9.59 Å². The highest BCUT2D eigenvalue weighted by atomic mass is 16.5. The molecule has 186 valence electrons. The fraction of sp³-hybridized carbons (Fsp3) is 0.464. The van der Waals surface area contributed by atoms with Crippen LogP contribution in [-0.2, 0) is 14.3 Å². The molecule has 0 saturated heterocycles. The van der Waals surface area contributed by atoms with Crippen LogP contribution in [0.4, 0.5) is 4.79 Å². The van der Waals surface area contributed by atoms with Gasteiger partial charge in [-0.25, -0.2) is 4.79 Å². The molecule has 0 spiro atoms. The third kappa shape index (κ3) is 5.19. The van der Waals surface area contributed by atoms with Crippen LogP contribution in [0.15, 0.2) is 48.5 Å². The van der Waals surface area contributed by atoms with Crippen molar-refractivity contribution in [2.24, 2.45) is 11.3 Å². The molecule has 35 heavy (non-hydrogen) atoms. The molecule has 2 aromatic rings. The number of aliphatic carboxylic acids is 1. The second-order valence-corrected chi connectivity index (χ2v) is 9.92. The van der Waals surface area contributed by atoms with Gasteiger partial charge in [0.15, 0.2) is 0 Å². The van der Waals surface area contributed by atoms with Gasteiger partial charge < -0.3 is 20.5 Å². The number of alkyl carbamates (subject to hydrolysis) is 1. The fourth-order valence-electron chi connectivity index (χ4n) is 5.41. The van der Waals surface area contributed by atoms with Crippen LogP contribution in [0.1, 0.15) is 63.0 Å². The summed E-state index contributed by atoms with van der Waals surface area (Å²) in [5.74, 6) is -1.11. The Labute approximate surface area is 206 Å². The van der Waals surface area contributed by atoms with Crippen molar-refractivity contribution in [3.8, 4) is 11.1 Å². The smallest absolute Gasteiger partial charge is 0.407 e. The molecule has 7 nitrogen and oxygen atoms in total. The molecule has 0 heterocycles. The zero-order chi connectivity index (χ0) is 25.0. The quantitative estimate of drug-likeness (QED) is 0.485. The summed E-state index contributed by atoms with van der Waals surface area (Å²) in [6.07, 6.45) is 2.45. The summed E-state index contributed by atoms with van der Waals surface area (Å²) >= 11 is 0. The van der Waals surface area contributed by atoms with Crippen LogP contribution in [-0.4, -0.2) is 42.3 Å². The van der Waals surface area contributed by atoms with E-state index in [2.05, 4.69) is 34.9 Å². The van der Waals surface area contributed by atoms with E-state index in [1.165, 1.54) is 11.1 Å².